The largest absolute Gasteiger partial charge is 0.442 e. The Balaban J connectivity index is 1.44. The quantitative estimate of drug-likeness (QED) is 0.833. The predicted octanol–water partition coefficient (Wildman–Crippen LogP) is 1.20. The smallest absolute Gasteiger partial charge is 0.414 e. The van der Waals surface area contributed by atoms with Crippen molar-refractivity contribution in [3.8, 4) is 6.19 Å². The lowest BCUT2D eigenvalue weighted by Gasteiger charge is -2.18. The molecule has 2 heterocycles. The Kier molecular flexibility index (Phi) is 3.57. The van der Waals surface area contributed by atoms with Crippen molar-refractivity contribution >= 4 is 17.7 Å². The number of carbonyl (C=O) groups excluding carboxylic acids is 2. The Morgan fingerprint density at radius 2 is 2.16 bits per heavy atom. The lowest BCUT2D eigenvalue weighted by molar-refractivity contribution is -0.119. The highest BCUT2D eigenvalue weighted by molar-refractivity contribution is 5.89. The van der Waals surface area contributed by atoms with E-state index >= 15 is 0 Å². The molecule has 0 aromatic heterocycles. The summed E-state index contributed by atoms with van der Waals surface area (Å²) in [7, 11) is 0. The number of hydrogen-bond donors (Lipinski definition) is 1. The molecule has 3 atom stereocenters. The summed E-state index contributed by atoms with van der Waals surface area (Å²) in [6, 6.07) is 8.00. The van der Waals surface area contributed by atoms with Gasteiger partial charge in [-0.05, 0) is 30.0 Å². The molecule has 0 spiro atoms. The first-order chi connectivity index (χ1) is 12.0. The van der Waals surface area contributed by atoms with E-state index < -0.39 is 0 Å². The van der Waals surface area contributed by atoms with E-state index in [-0.39, 0.29) is 23.5 Å². The number of ether oxygens (including phenoxy) is 1. The molecule has 1 saturated carbocycles. The zero-order chi connectivity index (χ0) is 17.6. The number of anilines is 1. The van der Waals surface area contributed by atoms with Gasteiger partial charge in [0, 0.05) is 31.1 Å². The number of amides is 2. The summed E-state index contributed by atoms with van der Waals surface area (Å²) < 4.78 is 5.30. The van der Waals surface area contributed by atoms with Crippen LogP contribution in [0.4, 0.5) is 10.5 Å². The van der Waals surface area contributed by atoms with Crippen molar-refractivity contribution in [3.05, 3.63) is 29.8 Å². The maximum Gasteiger partial charge on any atom is 0.414 e. The number of carbonyl (C=O) groups is 2. The van der Waals surface area contributed by atoms with E-state index in [9.17, 15) is 9.59 Å². The van der Waals surface area contributed by atoms with Crippen LogP contribution in [0.1, 0.15) is 18.9 Å². The highest BCUT2D eigenvalue weighted by Gasteiger charge is 2.60. The monoisotopic (exact) mass is 340 g/mol. The minimum absolute atomic E-state index is 0.119. The number of benzene rings is 1. The zero-order valence-electron chi connectivity index (χ0n) is 14.1. The highest BCUT2D eigenvalue weighted by atomic mass is 16.6. The van der Waals surface area contributed by atoms with Crippen LogP contribution in [-0.4, -0.2) is 49.2 Å². The van der Waals surface area contributed by atoms with Crippen LogP contribution in [0.2, 0.25) is 0 Å². The van der Waals surface area contributed by atoms with Gasteiger partial charge < -0.3 is 15.0 Å². The van der Waals surface area contributed by atoms with Crippen LogP contribution in [0.15, 0.2) is 24.3 Å². The lowest BCUT2D eigenvalue weighted by Crippen LogP contribution is -2.33. The molecule has 2 aliphatic heterocycles. The van der Waals surface area contributed by atoms with Crippen LogP contribution in [0.3, 0.4) is 0 Å². The Labute approximate surface area is 146 Å². The van der Waals surface area contributed by atoms with Gasteiger partial charge in [-0.1, -0.05) is 12.1 Å². The van der Waals surface area contributed by atoms with Gasteiger partial charge in [-0.25, -0.2) is 4.79 Å². The van der Waals surface area contributed by atoms with Crippen LogP contribution in [0.25, 0.3) is 0 Å². The molecule has 2 unspecified atom stereocenters. The first kappa shape index (κ1) is 15.8. The van der Waals surface area contributed by atoms with Crippen molar-refractivity contribution in [3.63, 3.8) is 0 Å². The molecule has 1 aromatic rings. The normalized spacial score (nSPS) is 29.8. The summed E-state index contributed by atoms with van der Waals surface area (Å²) in [5, 5.41) is 11.7. The minimum atomic E-state index is -0.387. The molecule has 2 saturated heterocycles. The topological polar surface area (TPSA) is 85.7 Å². The van der Waals surface area contributed by atoms with Gasteiger partial charge in [-0.15, -0.1) is 0 Å². The van der Waals surface area contributed by atoms with Crippen molar-refractivity contribution in [2.75, 3.05) is 31.1 Å². The summed E-state index contributed by atoms with van der Waals surface area (Å²) in [4.78, 5) is 26.5. The molecular formula is C18H20N4O3. The standard InChI is InChI=1S/C18H20N4O3/c1-12(23)20-7-16-9-22(17(24)25-16)15-4-2-13(3-5-15)18-6-14(18)8-21(10-18)11-19/h2-5,14,16H,6-10H2,1H3,(H,20,23)/t14?,16-,18?/m0/s1. The molecule has 1 aliphatic carbocycles. The van der Waals surface area contributed by atoms with E-state index in [0.717, 1.165) is 25.2 Å². The summed E-state index contributed by atoms with van der Waals surface area (Å²) in [6.07, 6.45) is 2.66. The van der Waals surface area contributed by atoms with Crippen molar-refractivity contribution in [2.24, 2.45) is 5.92 Å². The molecular weight excluding hydrogens is 320 g/mol. The third-order valence-electron chi connectivity index (χ3n) is 5.49. The second-order valence-electron chi connectivity index (χ2n) is 7.14. The number of cyclic esters (lactones) is 1. The summed E-state index contributed by atoms with van der Waals surface area (Å²) in [5.41, 5.74) is 2.15. The molecule has 3 fully saturated rings. The van der Waals surface area contributed by atoms with Gasteiger partial charge in [0.1, 0.15) is 6.10 Å². The third kappa shape index (κ3) is 2.68. The second kappa shape index (κ2) is 5.66. The number of fused-ring (bicyclic) bond motifs is 1. The Bertz CT molecular complexity index is 757. The van der Waals surface area contributed by atoms with Crippen molar-refractivity contribution in [2.45, 2.75) is 24.9 Å². The molecule has 2 amide bonds. The van der Waals surface area contributed by atoms with Crippen molar-refractivity contribution in [1.82, 2.24) is 10.2 Å². The molecule has 1 N–H and O–H groups in total. The molecule has 25 heavy (non-hydrogen) atoms. The molecule has 7 heteroatoms. The maximum absolute atomic E-state index is 12.1. The van der Waals surface area contributed by atoms with Crippen molar-refractivity contribution < 1.29 is 14.3 Å². The van der Waals surface area contributed by atoms with Crippen LogP contribution in [-0.2, 0) is 14.9 Å². The van der Waals surface area contributed by atoms with Gasteiger partial charge in [0.05, 0.1) is 13.1 Å². The number of hydrogen-bond acceptors (Lipinski definition) is 5. The van der Waals surface area contributed by atoms with Gasteiger partial charge in [0.25, 0.3) is 0 Å². The van der Waals surface area contributed by atoms with E-state index in [2.05, 4.69) is 23.6 Å². The average molecular weight is 340 g/mol. The van der Waals surface area contributed by atoms with E-state index in [1.54, 1.807) is 4.90 Å². The van der Waals surface area contributed by atoms with Gasteiger partial charge in [-0.2, -0.15) is 5.26 Å². The minimum Gasteiger partial charge on any atom is -0.442 e. The number of nitrogens with one attached hydrogen (secondary N) is 1. The fourth-order valence-electron chi connectivity index (χ4n) is 4.08. The molecule has 7 nitrogen and oxygen atoms in total. The Morgan fingerprint density at radius 3 is 2.80 bits per heavy atom. The van der Waals surface area contributed by atoms with Crippen LogP contribution in [0.5, 0.6) is 0 Å². The molecule has 4 rings (SSSR count). The maximum atomic E-state index is 12.1. The molecule has 3 aliphatic rings. The van der Waals surface area contributed by atoms with E-state index in [1.165, 1.54) is 12.5 Å². The molecule has 0 bridgehead atoms. The van der Waals surface area contributed by atoms with E-state index in [4.69, 9.17) is 10.00 Å². The summed E-state index contributed by atoms with van der Waals surface area (Å²) >= 11 is 0. The Morgan fingerprint density at radius 1 is 1.40 bits per heavy atom. The summed E-state index contributed by atoms with van der Waals surface area (Å²) in [6.45, 7) is 3.83. The predicted molar refractivity (Wildman–Crippen MR) is 89.7 cm³/mol. The fraction of sp³-hybridized carbons (Fsp3) is 0.500. The zero-order valence-corrected chi connectivity index (χ0v) is 14.1. The van der Waals surface area contributed by atoms with Gasteiger partial charge in [0.2, 0.25) is 5.91 Å². The first-order valence-electron chi connectivity index (χ1n) is 8.49. The van der Waals surface area contributed by atoms with Gasteiger partial charge in [0.15, 0.2) is 6.19 Å². The SMILES string of the molecule is CC(=O)NC[C@H]1CN(c2ccc(C34CC3CN(C#N)C4)cc2)C(=O)O1. The van der Waals surface area contributed by atoms with Crippen LogP contribution >= 0.6 is 0 Å². The van der Waals surface area contributed by atoms with E-state index in [1.807, 2.05) is 17.0 Å². The molecule has 1 aromatic carbocycles. The summed E-state index contributed by atoms with van der Waals surface area (Å²) in [5.74, 6) is 0.428. The second-order valence-corrected chi connectivity index (χ2v) is 7.14. The number of likely N-dealkylation sites (tertiary alicyclic amines) is 1. The fourth-order valence-corrected chi connectivity index (χ4v) is 4.08. The van der Waals surface area contributed by atoms with Gasteiger partial charge >= 0.3 is 6.09 Å². The number of piperidine rings is 1. The van der Waals surface area contributed by atoms with Crippen molar-refractivity contribution in [1.29, 1.82) is 5.26 Å². The highest BCUT2D eigenvalue weighted by Crippen LogP contribution is 2.58. The number of nitrogens with zero attached hydrogens (tertiary/aromatic N) is 3. The van der Waals surface area contributed by atoms with Gasteiger partial charge in [-0.3, -0.25) is 9.69 Å². The Hall–Kier alpha value is -2.75. The molecule has 130 valence electrons. The van der Waals surface area contributed by atoms with Crippen LogP contribution < -0.4 is 10.2 Å². The average Bonchev–Trinajstić information content (AvgIpc) is 2.98. The first-order valence-corrected chi connectivity index (χ1v) is 8.49. The molecule has 0 radical (unpaired) electrons. The van der Waals surface area contributed by atoms with Crippen LogP contribution in [0, 0.1) is 17.4 Å². The third-order valence-corrected chi connectivity index (χ3v) is 5.49. The number of rotatable bonds is 4. The van der Waals surface area contributed by atoms with E-state index in [0.29, 0.717) is 19.0 Å². The number of nitriles is 1. The lowest BCUT2D eigenvalue weighted by atomic mass is 9.95.